The minimum atomic E-state index is 0.128. The van der Waals surface area contributed by atoms with E-state index in [1.165, 1.54) is 0 Å². The van der Waals surface area contributed by atoms with Gasteiger partial charge >= 0.3 is 0 Å². The summed E-state index contributed by atoms with van der Waals surface area (Å²) >= 11 is 6.11. The number of hydrogen-bond acceptors (Lipinski definition) is 3. The zero-order chi connectivity index (χ0) is 13.8. The SMILES string of the molecule is CCOC1C(NC)CC1Oc1ccc(Cl)c(CC)c1. The molecule has 0 bridgehead atoms. The molecule has 106 valence electrons. The first-order chi connectivity index (χ1) is 9.19. The number of hydrogen-bond donors (Lipinski definition) is 1. The van der Waals surface area contributed by atoms with Gasteiger partial charge in [0.1, 0.15) is 18.0 Å². The van der Waals surface area contributed by atoms with Crippen LogP contribution in [0, 0.1) is 0 Å². The molecule has 1 fully saturated rings. The highest BCUT2D eigenvalue weighted by atomic mass is 35.5. The van der Waals surface area contributed by atoms with Gasteiger partial charge < -0.3 is 14.8 Å². The first-order valence-electron chi connectivity index (χ1n) is 6.93. The lowest BCUT2D eigenvalue weighted by Crippen LogP contribution is -2.60. The molecule has 0 saturated heterocycles. The smallest absolute Gasteiger partial charge is 0.128 e. The van der Waals surface area contributed by atoms with Crippen LogP contribution in [0.1, 0.15) is 25.8 Å². The number of rotatable bonds is 6. The standard InChI is InChI=1S/C15H22ClNO2/c1-4-10-8-11(6-7-12(10)16)19-14-9-13(17-3)15(14)18-5-2/h6-8,13-15,17H,4-5,9H2,1-3H3. The summed E-state index contributed by atoms with van der Waals surface area (Å²) < 4.78 is 11.8. The maximum absolute atomic E-state index is 6.11. The average Bonchev–Trinajstić information content (AvgIpc) is 2.42. The third kappa shape index (κ3) is 3.22. The van der Waals surface area contributed by atoms with E-state index in [1.807, 2.05) is 32.2 Å². The monoisotopic (exact) mass is 283 g/mol. The molecule has 1 aromatic carbocycles. The second-order valence-electron chi connectivity index (χ2n) is 4.81. The van der Waals surface area contributed by atoms with Crippen LogP contribution in [0.2, 0.25) is 5.02 Å². The van der Waals surface area contributed by atoms with Gasteiger partial charge in [0.25, 0.3) is 0 Å². The van der Waals surface area contributed by atoms with Crippen LogP contribution in [-0.2, 0) is 11.2 Å². The number of benzene rings is 1. The number of nitrogens with one attached hydrogen (secondary N) is 1. The number of ether oxygens (including phenoxy) is 2. The topological polar surface area (TPSA) is 30.5 Å². The van der Waals surface area contributed by atoms with Gasteiger partial charge in [-0.2, -0.15) is 0 Å². The molecule has 0 spiro atoms. The van der Waals surface area contributed by atoms with Crippen LogP contribution in [-0.4, -0.2) is 31.9 Å². The Morgan fingerprint density at radius 3 is 2.79 bits per heavy atom. The van der Waals surface area contributed by atoms with Crippen LogP contribution in [0.4, 0.5) is 0 Å². The van der Waals surface area contributed by atoms with Crippen LogP contribution in [0.5, 0.6) is 5.75 Å². The number of halogens is 1. The lowest BCUT2D eigenvalue weighted by molar-refractivity contribution is -0.103. The summed E-state index contributed by atoms with van der Waals surface area (Å²) in [5, 5.41) is 4.06. The van der Waals surface area contributed by atoms with Crippen molar-refractivity contribution in [1.29, 1.82) is 0 Å². The van der Waals surface area contributed by atoms with Crippen molar-refractivity contribution in [3.8, 4) is 5.75 Å². The average molecular weight is 284 g/mol. The maximum Gasteiger partial charge on any atom is 0.128 e. The molecule has 1 saturated carbocycles. The van der Waals surface area contributed by atoms with Crippen LogP contribution in [0.25, 0.3) is 0 Å². The van der Waals surface area contributed by atoms with Gasteiger partial charge in [-0.25, -0.2) is 0 Å². The van der Waals surface area contributed by atoms with E-state index >= 15 is 0 Å². The van der Waals surface area contributed by atoms with Crippen molar-refractivity contribution in [3.63, 3.8) is 0 Å². The van der Waals surface area contributed by atoms with Gasteiger partial charge in [-0.1, -0.05) is 18.5 Å². The Kier molecular flexibility index (Phi) is 5.08. The predicted molar refractivity (Wildman–Crippen MR) is 78.1 cm³/mol. The van der Waals surface area contributed by atoms with Crippen LogP contribution in [0.15, 0.2) is 18.2 Å². The summed E-state index contributed by atoms with van der Waals surface area (Å²) in [4.78, 5) is 0. The highest BCUT2D eigenvalue weighted by Gasteiger charge is 2.42. The molecule has 1 aromatic rings. The van der Waals surface area contributed by atoms with Crippen molar-refractivity contribution in [2.45, 2.75) is 44.9 Å². The predicted octanol–water partition coefficient (Wildman–Crippen LogP) is 3.05. The quantitative estimate of drug-likeness (QED) is 0.870. The van der Waals surface area contributed by atoms with Crippen molar-refractivity contribution in [1.82, 2.24) is 5.32 Å². The first kappa shape index (κ1) is 14.6. The summed E-state index contributed by atoms with van der Waals surface area (Å²) in [6, 6.07) is 6.25. The van der Waals surface area contributed by atoms with Gasteiger partial charge in [0.2, 0.25) is 0 Å². The van der Waals surface area contributed by atoms with E-state index in [-0.39, 0.29) is 12.2 Å². The van der Waals surface area contributed by atoms with Gasteiger partial charge in [-0.05, 0) is 44.2 Å². The van der Waals surface area contributed by atoms with E-state index in [0.29, 0.717) is 12.6 Å². The lowest BCUT2D eigenvalue weighted by Gasteiger charge is -2.43. The fourth-order valence-electron chi connectivity index (χ4n) is 2.47. The largest absolute Gasteiger partial charge is 0.488 e. The Hall–Kier alpha value is -0.770. The fourth-order valence-corrected chi connectivity index (χ4v) is 2.72. The zero-order valence-electron chi connectivity index (χ0n) is 11.8. The number of likely N-dealkylation sites (N-methyl/N-ethyl adjacent to an activating group) is 1. The highest BCUT2D eigenvalue weighted by molar-refractivity contribution is 6.31. The molecule has 3 atom stereocenters. The molecule has 0 aromatic heterocycles. The van der Waals surface area contributed by atoms with Crippen LogP contribution < -0.4 is 10.1 Å². The Morgan fingerprint density at radius 2 is 2.16 bits per heavy atom. The minimum Gasteiger partial charge on any atom is -0.488 e. The van der Waals surface area contributed by atoms with Crippen LogP contribution >= 0.6 is 11.6 Å². The van der Waals surface area contributed by atoms with E-state index in [9.17, 15) is 0 Å². The molecule has 0 aliphatic heterocycles. The molecule has 1 aliphatic carbocycles. The molecule has 3 unspecified atom stereocenters. The second kappa shape index (κ2) is 6.60. The summed E-state index contributed by atoms with van der Waals surface area (Å²) in [5.41, 5.74) is 1.12. The Labute approximate surface area is 120 Å². The fraction of sp³-hybridized carbons (Fsp3) is 0.600. The molecular formula is C15H22ClNO2. The summed E-state index contributed by atoms with van der Waals surface area (Å²) in [6.45, 7) is 4.82. The molecule has 0 heterocycles. The van der Waals surface area contributed by atoms with Gasteiger partial charge in [0, 0.05) is 24.1 Å². The van der Waals surface area contributed by atoms with E-state index in [4.69, 9.17) is 21.1 Å². The van der Waals surface area contributed by atoms with Crippen LogP contribution in [0.3, 0.4) is 0 Å². The van der Waals surface area contributed by atoms with E-state index in [2.05, 4.69) is 12.2 Å². The minimum absolute atomic E-state index is 0.128. The van der Waals surface area contributed by atoms with Crippen molar-refractivity contribution in [3.05, 3.63) is 28.8 Å². The van der Waals surface area contributed by atoms with Gasteiger partial charge in [0.05, 0.1) is 0 Å². The first-order valence-corrected chi connectivity index (χ1v) is 7.31. The highest BCUT2D eigenvalue weighted by Crippen LogP contribution is 2.30. The normalized spacial score (nSPS) is 26.0. The lowest BCUT2D eigenvalue weighted by atomic mass is 9.85. The molecular weight excluding hydrogens is 262 g/mol. The third-order valence-corrected chi connectivity index (χ3v) is 4.03. The number of aryl methyl sites for hydroxylation is 1. The van der Waals surface area contributed by atoms with Gasteiger partial charge in [0.15, 0.2) is 0 Å². The molecule has 4 heteroatoms. The second-order valence-corrected chi connectivity index (χ2v) is 5.22. The van der Waals surface area contributed by atoms with Gasteiger partial charge in [-0.3, -0.25) is 0 Å². The molecule has 3 nitrogen and oxygen atoms in total. The molecule has 1 aliphatic rings. The summed E-state index contributed by atoms with van der Waals surface area (Å²) in [6.07, 6.45) is 2.15. The zero-order valence-corrected chi connectivity index (χ0v) is 12.5. The Morgan fingerprint density at radius 1 is 1.37 bits per heavy atom. The molecule has 1 N–H and O–H groups in total. The van der Waals surface area contributed by atoms with E-state index in [1.54, 1.807) is 0 Å². The summed E-state index contributed by atoms with van der Waals surface area (Å²) in [7, 11) is 1.96. The third-order valence-electron chi connectivity index (χ3n) is 3.66. The Bertz CT molecular complexity index is 425. The van der Waals surface area contributed by atoms with Crippen molar-refractivity contribution < 1.29 is 9.47 Å². The molecule has 0 radical (unpaired) electrons. The van der Waals surface area contributed by atoms with Crippen molar-refractivity contribution in [2.24, 2.45) is 0 Å². The molecule has 19 heavy (non-hydrogen) atoms. The van der Waals surface area contributed by atoms with E-state index in [0.717, 1.165) is 29.2 Å². The molecule has 2 rings (SSSR count). The summed E-state index contributed by atoms with van der Waals surface area (Å²) in [5.74, 6) is 0.880. The molecule has 0 amide bonds. The van der Waals surface area contributed by atoms with E-state index < -0.39 is 0 Å². The van der Waals surface area contributed by atoms with Crippen molar-refractivity contribution in [2.75, 3.05) is 13.7 Å². The van der Waals surface area contributed by atoms with Gasteiger partial charge in [-0.15, -0.1) is 0 Å². The van der Waals surface area contributed by atoms with Crippen molar-refractivity contribution >= 4 is 11.6 Å². The Balaban J connectivity index is 2.01. The maximum atomic E-state index is 6.11.